The third kappa shape index (κ3) is 2.44. The van der Waals surface area contributed by atoms with Gasteiger partial charge in [0.2, 0.25) is 0 Å². The van der Waals surface area contributed by atoms with Crippen LogP contribution in [0.3, 0.4) is 0 Å². The van der Waals surface area contributed by atoms with Gasteiger partial charge >= 0.3 is 0 Å². The fourth-order valence-corrected chi connectivity index (χ4v) is 2.56. The van der Waals surface area contributed by atoms with Gasteiger partial charge in [-0.1, -0.05) is 34.1 Å². The molecule has 0 aliphatic carbocycles. The van der Waals surface area contributed by atoms with Crippen molar-refractivity contribution in [3.8, 4) is 0 Å². The molecule has 5 heteroatoms. The number of halogens is 1. The van der Waals surface area contributed by atoms with E-state index in [1.807, 2.05) is 12.3 Å². The van der Waals surface area contributed by atoms with E-state index in [1.54, 1.807) is 12.1 Å². The predicted octanol–water partition coefficient (Wildman–Crippen LogP) is 4.36. The number of nitro benzene ring substituents is 1. The Balaban J connectivity index is 1.92. The maximum absolute atomic E-state index is 10.6. The van der Waals surface area contributed by atoms with Crippen molar-refractivity contribution in [3.05, 3.63) is 74.9 Å². The van der Waals surface area contributed by atoms with Crippen molar-refractivity contribution < 1.29 is 4.92 Å². The summed E-state index contributed by atoms with van der Waals surface area (Å²) in [7, 11) is 0. The Bertz CT molecular complexity index is 778. The number of aromatic nitrogens is 1. The highest BCUT2D eigenvalue weighted by atomic mass is 79.9. The lowest BCUT2D eigenvalue weighted by atomic mass is 10.2. The Hall–Kier alpha value is -2.14. The van der Waals surface area contributed by atoms with E-state index in [2.05, 4.69) is 38.7 Å². The summed E-state index contributed by atoms with van der Waals surface area (Å²) in [5.74, 6) is 0. The van der Waals surface area contributed by atoms with Crippen LogP contribution >= 0.6 is 15.9 Å². The molecule has 20 heavy (non-hydrogen) atoms. The maximum Gasteiger partial charge on any atom is 0.269 e. The van der Waals surface area contributed by atoms with Gasteiger partial charge < -0.3 is 4.57 Å². The second kappa shape index (κ2) is 5.09. The molecule has 0 unspecified atom stereocenters. The van der Waals surface area contributed by atoms with Crippen molar-refractivity contribution in [2.45, 2.75) is 6.54 Å². The zero-order chi connectivity index (χ0) is 14.1. The summed E-state index contributed by atoms with van der Waals surface area (Å²) in [6.45, 7) is 0.692. The standard InChI is InChI=1S/C15H11BrN2O2/c16-13-4-3-12-7-8-17(15(12)9-13)10-11-1-5-14(6-2-11)18(19)20/h1-9H,10H2. The van der Waals surface area contributed by atoms with Crippen molar-refractivity contribution in [3.63, 3.8) is 0 Å². The summed E-state index contributed by atoms with van der Waals surface area (Å²) in [4.78, 5) is 10.3. The van der Waals surface area contributed by atoms with Gasteiger partial charge in [0.15, 0.2) is 0 Å². The molecular weight excluding hydrogens is 320 g/mol. The molecule has 100 valence electrons. The van der Waals surface area contributed by atoms with Crippen LogP contribution in [0.1, 0.15) is 5.56 Å². The van der Waals surface area contributed by atoms with E-state index in [-0.39, 0.29) is 10.6 Å². The van der Waals surface area contributed by atoms with E-state index >= 15 is 0 Å². The minimum Gasteiger partial charge on any atom is -0.343 e. The summed E-state index contributed by atoms with van der Waals surface area (Å²) in [6.07, 6.45) is 2.03. The molecule has 0 amide bonds. The molecule has 0 saturated carbocycles. The molecule has 1 heterocycles. The van der Waals surface area contributed by atoms with Gasteiger partial charge in [-0.2, -0.15) is 0 Å². The lowest BCUT2D eigenvalue weighted by Gasteiger charge is -2.06. The molecule has 4 nitrogen and oxygen atoms in total. The van der Waals surface area contributed by atoms with Crippen LogP contribution in [0.2, 0.25) is 0 Å². The average molecular weight is 331 g/mol. The van der Waals surface area contributed by atoms with E-state index in [0.717, 1.165) is 15.6 Å². The Morgan fingerprint density at radius 2 is 1.85 bits per heavy atom. The van der Waals surface area contributed by atoms with Crippen LogP contribution in [-0.4, -0.2) is 9.49 Å². The number of non-ortho nitro benzene ring substituents is 1. The van der Waals surface area contributed by atoms with Crippen molar-refractivity contribution >= 4 is 32.5 Å². The zero-order valence-electron chi connectivity index (χ0n) is 10.5. The van der Waals surface area contributed by atoms with Crippen LogP contribution in [0.15, 0.2) is 59.2 Å². The number of hydrogen-bond donors (Lipinski definition) is 0. The van der Waals surface area contributed by atoms with Gasteiger partial charge in [0.05, 0.1) is 4.92 Å². The van der Waals surface area contributed by atoms with Crippen molar-refractivity contribution in [2.75, 3.05) is 0 Å². The van der Waals surface area contributed by atoms with E-state index in [9.17, 15) is 10.1 Å². The topological polar surface area (TPSA) is 48.1 Å². The number of rotatable bonds is 3. The molecule has 0 N–H and O–H groups in total. The molecule has 0 saturated heterocycles. The number of fused-ring (bicyclic) bond motifs is 1. The molecule has 0 fully saturated rings. The van der Waals surface area contributed by atoms with Crippen LogP contribution in [0.4, 0.5) is 5.69 Å². The first-order valence-corrected chi connectivity index (χ1v) is 6.90. The van der Waals surface area contributed by atoms with Crippen LogP contribution < -0.4 is 0 Å². The summed E-state index contributed by atoms with van der Waals surface area (Å²) in [5.41, 5.74) is 2.29. The number of benzene rings is 2. The van der Waals surface area contributed by atoms with Crippen LogP contribution in [0.5, 0.6) is 0 Å². The quantitative estimate of drug-likeness (QED) is 0.529. The smallest absolute Gasteiger partial charge is 0.269 e. The van der Waals surface area contributed by atoms with E-state index in [1.165, 1.54) is 17.5 Å². The van der Waals surface area contributed by atoms with Crippen molar-refractivity contribution in [1.29, 1.82) is 0 Å². The molecule has 2 aromatic carbocycles. The lowest BCUT2D eigenvalue weighted by molar-refractivity contribution is -0.384. The number of nitrogens with zero attached hydrogens (tertiary/aromatic N) is 2. The fraction of sp³-hybridized carbons (Fsp3) is 0.0667. The summed E-state index contributed by atoms with van der Waals surface area (Å²) in [6, 6.07) is 14.9. The van der Waals surface area contributed by atoms with Crippen LogP contribution in [0.25, 0.3) is 10.9 Å². The van der Waals surface area contributed by atoms with Gasteiger partial charge in [-0.15, -0.1) is 0 Å². The van der Waals surface area contributed by atoms with Gasteiger partial charge in [-0.25, -0.2) is 0 Å². The Morgan fingerprint density at radius 3 is 2.55 bits per heavy atom. The highest BCUT2D eigenvalue weighted by Gasteiger charge is 2.06. The zero-order valence-corrected chi connectivity index (χ0v) is 12.1. The fourth-order valence-electron chi connectivity index (χ4n) is 2.21. The van der Waals surface area contributed by atoms with Crippen LogP contribution in [0, 0.1) is 10.1 Å². The molecule has 3 rings (SSSR count). The molecule has 0 aliphatic heterocycles. The predicted molar refractivity (Wildman–Crippen MR) is 81.8 cm³/mol. The van der Waals surface area contributed by atoms with Crippen LogP contribution in [-0.2, 0) is 6.54 Å². The Kier molecular flexibility index (Phi) is 3.28. The molecule has 0 atom stereocenters. The first-order chi connectivity index (χ1) is 9.63. The minimum absolute atomic E-state index is 0.119. The normalized spacial score (nSPS) is 10.8. The van der Waals surface area contributed by atoms with E-state index in [0.29, 0.717) is 6.54 Å². The van der Waals surface area contributed by atoms with E-state index < -0.39 is 0 Å². The highest BCUT2D eigenvalue weighted by molar-refractivity contribution is 9.10. The minimum atomic E-state index is -0.383. The van der Waals surface area contributed by atoms with Crippen molar-refractivity contribution in [1.82, 2.24) is 4.57 Å². The first-order valence-electron chi connectivity index (χ1n) is 6.11. The summed E-state index contributed by atoms with van der Waals surface area (Å²) < 4.78 is 3.16. The number of nitro groups is 1. The summed E-state index contributed by atoms with van der Waals surface area (Å²) >= 11 is 3.47. The Labute approximate surface area is 123 Å². The molecule has 3 aromatic rings. The van der Waals surface area contributed by atoms with E-state index in [4.69, 9.17) is 0 Å². The monoisotopic (exact) mass is 330 g/mol. The molecule has 1 aromatic heterocycles. The molecule has 0 spiro atoms. The van der Waals surface area contributed by atoms with Gasteiger partial charge in [-0.3, -0.25) is 10.1 Å². The summed E-state index contributed by atoms with van der Waals surface area (Å²) in [5, 5.41) is 11.8. The molecular formula is C15H11BrN2O2. The second-order valence-corrected chi connectivity index (χ2v) is 5.49. The third-order valence-electron chi connectivity index (χ3n) is 3.24. The highest BCUT2D eigenvalue weighted by Crippen LogP contribution is 2.22. The SMILES string of the molecule is O=[N+]([O-])c1ccc(Cn2ccc3ccc(Br)cc32)cc1. The third-order valence-corrected chi connectivity index (χ3v) is 3.73. The Morgan fingerprint density at radius 1 is 1.10 bits per heavy atom. The van der Waals surface area contributed by atoms with Gasteiger partial charge in [0.1, 0.15) is 0 Å². The maximum atomic E-state index is 10.6. The van der Waals surface area contributed by atoms with Crippen molar-refractivity contribution in [2.24, 2.45) is 0 Å². The van der Waals surface area contributed by atoms with Gasteiger partial charge in [0.25, 0.3) is 5.69 Å². The first kappa shape index (κ1) is 12.9. The molecule has 0 aliphatic rings. The molecule has 0 bridgehead atoms. The molecule has 0 radical (unpaired) electrons. The lowest BCUT2D eigenvalue weighted by Crippen LogP contribution is -1.98. The second-order valence-electron chi connectivity index (χ2n) is 4.57. The largest absolute Gasteiger partial charge is 0.343 e. The number of hydrogen-bond acceptors (Lipinski definition) is 2. The average Bonchev–Trinajstić information content (AvgIpc) is 2.82. The van der Waals surface area contributed by atoms with Gasteiger partial charge in [0, 0.05) is 34.9 Å². The van der Waals surface area contributed by atoms with Gasteiger partial charge in [-0.05, 0) is 29.1 Å².